The Morgan fingerprint density at radius 2 is 2.00 bits per heavy atom. The Morgan fingerprint density at radius 3 is 2.83 bits per heavy atom. The van der Waals surface area contributed by atoms with Crippen LogP contribution in [0.1, 0.15) is 18.4 Å². The van der Waals surface area contributed by atoms with Gasteiger partial charge in [0, 0.05) is 25.7 Å². The molecule has 3 rings (SSSR count). The molecule has 0 N–H and O–H groups in total. The number of halogens is 2. The maximum absolute atomic E-state index is 14.1. The lowest BCUT2D eigenvalue weighted by atomic mass is 10.1. The van der Waals surface area contributed by atoms with E-state index in [0.717, 1.165) is 26.1 Å². The Labute approximate surface area is 106 Å². The van der Waals surface area contributed by atoms with Crippen LogP contribution in [0.25, 0.3) is 0 Å². The molecule has 0 spiro atoms. The maximum atomic E-state index is 14.1. The first-order chi connectivity index (χ1) is 8.66. The zero-order chi connectivity index (χ0) is 12.7. The molecule has 0 radical (unpaired) electrons. The van der Waals surface area contributed by atoms with E-state index in [9.17, 15) is 8.78 Å². The van der Waals surface area contributed by atoms with Crippen LogP contribution in [0.4, 0.5) is 14.5 Å². The van der Waals surface area contributed by atoms with Gasteiger partial charge in [0.25, 0.3) is 0 Å². The lowest BCUT2D eigenvalue weighted by molar-refractivity contribution is 0.229. The summed E-state index contributed by atoms with van der Waals surface area (Å²) in [7, 11) is 0. The maximum Gasteiger partial charge on any atom is 0.152 e. The number of aryl methyl sites for hydroxylation is 1. The molecule has 2 saturated heterocycles. The summed E-state index contributed by atoms with van der Waals surface area (Å²) in [6.07, 6.45) is 2.35. The van der Waals surface area contributed by atoms with Gasteiger partial charge in [-0.1, -0.05) is 6.07 Å². The molecule has 2 heterocycles. The van der Waals surface area contributed by atoms with E-state index in [2.05, 4.69) is 4.90 Å². The number of hydrogen-bond acceptors (Lipinski definition) is 2. The Bertz CT molecular complexity index is 461. The van der Waals surface area contributed by atoms with Crippen molar-refractivity contribution in [2.75, 3.05) is 31.1 Å². The summed E-state index contributed by atoms with van der Waals surface area (Å²) in [6, 6.07) is 3.34. The minimum absolute atomic E-state index is 0.168. The van der Waals surface area contributed by atoms with E-state index < -0.39 is 11.6 Å². The highest BCUT2D eigenvalue weighted by Crippen LogP contribution is 2.30. The van der Waals surface area contributed by atoms with Gasteiger partial charge in [-0.15, -0.1) is 0 Å². The van der Waals surface area contributed by atoms with Crippen LogP contribution in [0.2, 0.25) is 0 Å². The number of fused-ring (bicyclic) bond motifs is 1. The predicted octanol–water partition coefficient (Wildman–Crippen LogP) is 2.56. The molecule has 0 aromatic heterocycles. The lowest BCUT2D eigenvalue weighted by Gasteiger charge is -2.39. The van der Waals surface area contributed by atoms with E-state index in [4.69, 9.17) is 0 Å². The SMILES string of the molecule is Cc1ccc(F)c(N2CCN3CCCC3C2)c1F. The zero-order valence-electron chi connectivity index (χ0n) is 10.6. The predicted molar refractivity (Wildman–Crippen MR) is 67.9 cm³/mol. The van der Waals surface area contributed by atoms with Crippen molar-refractivity contribution >= 4 is 5.69 Å². The Kier molecular flexibility index (Phi) is 2.98. The molecule has 2 aliphatic rings. The summed E-state index contributed by atoms with van der Waals surface area (Å²) in [5.41, 5.74) is 0.682. The van der Waals surface area contributed by atoms with Gasteiger partial charge in [0.1, 0.15) is 11.5 Å². The van der Waals surface area contributed by atoms with Crippen molar-refractivity contribution in [2.24, 2.45) is 0 Å². The first kappa shape index (κ1) is 11.9. The quantitative estimate of drug-likeness (QED) is 0.758. The topological polar surface area (TPSA) is 6.48 Å². The minimum atomic E-state index is -0.440. The largest absolute Gasteiger partial charge is 0.364 e. The Balaban J connectivity index is 1.89. The van der Waals surface area contributed by atoms with Gasteiger partial charge in [0.2, 0.25) is 0 Å². The van der Waals surface area contributed by atoms with Crippen LogP contribution in [-0.4, -0.2) is 37.1 Å². The molecular formula is C14H18F2N2. The summed E-state index contributed by atoms with van der Waals surface area (Å²) >= 11 is 0. The summed E-state index contributed by atoms with van der Waals surface area (Å²) in [5.74, 6) is -0.842. The molecule has 2 fully saturated rings. The van der Waals surface area contributed by atoms with Crippen LogP contribution >= 0.6 is 0 Å². The number of hydrogen-bond donors (Lipinski definition) is 0. The number of benzene rings is 1. The monoisotopic (exact) mass is 252 g/mol. The third-order valence-electron chi connectivity index (χ3n) is 4.16. The van der Waals surface area contributed by atoms with Gasteiger partial charge in [-0.2, -0.15) is 0 Å². The van der Waals surface area contributed by atoms with E-state index in [1.54, 1.807) is 6.92 Å². The zero-order valence-corrected chi connectivity index (χ0v) is 10.6. The van der Waals surface area contributed by atoms with Gasteiger partial charge in [-0.3, -0.25) is 4.90 Å². The number of rotatable bonds is 1. The fraction of sp³-hybridized carbons (Fsp3) is 0.571. The summed E-state index contributed by atoms with van der Waals surface area (Å²) in [6.45, 7) is 5.20. The molecule has 1 aromatic rings. The third-order valence-corrected chi connectivity index (χ3v) is 4.16. The lowest BCUT2D eigenvalue weighted by Crippen LogP contribution is -2.50. The van der Waals surface area contributed by atoms with Crippen LogP contribution in [0.3, 0.4) is 0 Å². The fourth-order valence-corrected chi connectivity index (χ4v) is 3.13. The van der Waals surface area contributed by atoms with Gasteiger partial charge >= 0.3 is 0 Å². The number of nitrogens with zero attached hydrogens (tertiary/aromatic N) is 2. The van der Waals surface area contributed by atoms with Gasteiger partial charge in [-0.05, 0) is 37.9 Å². The average Bonchev–Trinajstić information content (AvgIpc) is 2.82. The number of anilines is 1. The fourth-order valence-electron chi connectivity index (χ4n) is 3.13. The van der Waals surface area contributed by atoms with Crippen LogP contribution < -0.4 is 4.90 Å². The molecule has 18 heavy (non-hydrogen) atoms. The number of piperazine rings is 1. The first-order valence-corrected chi connectivity index (χ1v) is 6.60. The van der Waals surface area contributed by atoms with E-state index in [-0.39, 0.29) is 5.69 Å². The van der Waals surface area contributed by atoms with Crippen molar-refractivity contribution in [3.05, 3.63) is 29.3 Å². The molecule has 1 aromatic carbocycles. The summed E-state index contributed by atoms with van der Waals surface area (Å²) < 4.78 is 28.0. The third kappa shape index (κ3) is 1.88. The molecule has 0 aliphatic carbocycles. The van der Waals surface area contributed by atoms with Gasteiger partial charge in [0.05, 0.1) is 0 Å². The van der Waals surface area contributed by atoms with E-state index in [1.165, 1.54) is 18.6 Å². The molecule has 4 heteroatoms. The van der Waals surface area contributed by atoms with Gasteiger partial charge in [0.15, 0.2) is 5.82 Å². The van der Waals surface area contributed by atoms with E-state index in [1.807, 2.05) is 4.90 Å². The molecule has 98 valence electrons. The Hall–Kier alpha value is -1.16. The van der Waals surface area contributed by atoms with Crippen LogP contribution in [0, 0.1) is 18.6 Å². The molecular weight excluding hydrogens is 234 g/mol. The molecule has 2 nitrogen and oxygen atoms in total. The molecule has 0 bridgehead atoms. The van der Waals surface area contributed by atoms with E-state index in [0.29, 0.717) is 18.2 Å². The van der Waals surface area contributed by atoms with Crippen molar-refractivity contribution in [2.45, 2.75) is 25.8 Å². The molecule has 1 unspecified atom stereocenters. The average molecular weight is 252 g/mol. The van der Waals surface area contributed by atoms with Crippen molar-refractivity contribution in [3.8, 4) is 0 Å². The van der Waals surface area contributed by atoms with Crippen molar-refractivity contribution in [3.63, 3.8) is 0 Å². The smallest absolute Gasteiger partial charge is 0.152 e. The standard InChI is InChI=1S/C14H18F2N2/c1-10-4-5-12(15)14(13(10)16)18-8-7-17-6-2-3-11(17)9-18/h4-5,11H,2-3,6-9H2,1H3. The van der Waals surface area contributed by atoms with Crippen molar-refractivity contribution in [1.82, 2.24) is 4.90 Å². The molecule has 1 atom stereocenters. The molecule has 0 amide bonds. The highest BCUT2D eigenvalue weighted by Gasteiger charge is 2.32. The second kappa shape index (κ2) is 4.50. The normalized spacial score (nSPS) is 24.4. The van der Waals surface area contributed by atoms with Crippen molar-refractivity contribution < 1.29 is 8.78 Å². The summed E-state index contributed by atoms with van der Waals surface area (Å²) in [5, 5.41) is 0. The van der Waals surface area contributed by atoms with Gasteiger partial charge in [-0.25, -0.2) is 8.78 Å². The van der Waals surface area contributed by atoms with Crippen LogP contribution in [0.15, 0.2) is 12.1 Å². The second-order valence-electron chi connectivity index (χ2n) is 5.30. The highest BCUT2D eigenvalue weighted by molar-refractivity contribution is 5.52. The molecule has 2 aliphatic heterocycles. The van der Waals surface area contributed by atoms with E-state index >= 15 is 0 Å². The van der Waals surface area contributed by atoms with Gasteiger partial charge < -0.3 is 4.90 Å². The van der Waals surface area contributed by atoms with Crippen LogP contribution in [-0.2, 0) is 0 Å². The van der Waals surface area contributed by atoms with Crippen LogP contribution in [0.5, 0.6) is 0 Å². The first-order valence-electron chi connectivity index (χ1n) is 6.60. The second-order valence-corrected chi connectivity index (χ2v) is 5.30. The van der Waals surface area contributed by atoms with Crippen molar-refractivity contribution in [1.29, 1.82) is 0 Å². The highest BCUT2D eigenvalue weighted by atomic mass is 19.1. The molecule has 0 saturated carbocycles. The Morgan fingerprint density at radius 1 is 1.17 bits per heavy atom. The minimum Gasteiger partial charge on any atom is -0.364 e. The summed E-state index contributed by atoms with van der Waals surface area (Å²) in [4.78, 5) is 4.31.